The van der Waals surface area contributed by atoms with Gasteiger partial charge < -0.3 is 10.4 Å². The van der Waals surface area contributed by atoms with Crippen LogP contribution in [0.15, 0.2) is 66.3 Å². The zero-order valence-corrected chi connectivity index (χ0v) is 16.0. The Labute approximate surface area is 167 Å². The summed E-state index contributed by atoms with van der Waals surface area (Å²) in [5, 5.41) is 21.6. The number of phenols is 1. The van der Waals surface area contributed by atoms with Crippen LogP contribution in [0, 0.1) is 0 Å². The molecule has 7 heteroatoms. The van der Waals surface area contributed by atoms with Crippen molar-refractivity contribution in [2.75, 3.05) is 5.32 Å². The maximum atomic E-state index is 12.7. The molecular weight excluding hydrogens is 372 g/mol. The number of amides is 1. The van der Waals surface area contributed by atoms with Gasteiger partial charge in [-0.15, -0.1) is 16.8 Å². The van der Waals surface area contributed by atoms with E-state index in [9.17, 15) is 9.90 Å². The van der Waals surface area contributed by atoms with Crippen molar-refractivity contribution >= 4 is 23.4 Å². The number of anilines is 1. The van der Waals surface area contributed by atoms with Crippen LogP contribution in [-0.4, -0.2) is 31.0 Å². The third-order valence-corrected chi connectivity index (χ3v) is 5.89. The first kappa shape index (κ1) is 18.3. The number of carbonyl (C=O) groups excluding carboxylic acids is 1. The van der Waals surface area contributed by atoms with Gasteiger partial charge in [0.1, 0.15) is 5.75 Å². The Balaban J connectivity index is 1.60. The molecule has 4 rings (SSSR count). The van der Waals surface area contributed by atoms with E-state index in [-0.39, 0.29) is 16.9 Å². The van der Waals surface area contributed by atoms with Crippen LogP contribution in [0.1, 0.15) is 12.0 Å². The van der Waals surface area contributed by atoms with Gasteiger partial charge in [0.25, 0.3) is 0 Å². The second-order valence-electron chi connectivity index (χ2n) is 6.54. The lowest BCUT2D eigenvalue weighted by molar-refractivity contribution is -0.115. The van der Waals surface area contributed by atoms with E-state index in [0.717, 1.165) is 29.7 Å². The zero-order valence-electron chi connectivity index (χ0n) is 15.2. The van der Waals surface area contributed by atoms with Crippen LogP contribution < -0.4 is 5.32 Å². The van der Waals surface area contributed by atoms with Crippen LogP contribution >= 0.6 is 11.8 Å². The van der Waals surface area contributed by atoms with E-state index in [0.29, 0.717) is 17.5 Å². The molecule has 1 aromatic heterocycles. The van der Waals surface area contributed by atoms with Gasteiger partial charge in [-0.3, -0.25) is 9.36 Å². The Hall–Kier alpha value is -3.06. The van der Waals surface area contributed by atoms with Gasteiger partial charge in [0, 0.05) is 17.8 Å². The largest absolute Gasteiger partial charge is 0.508 e. The standard InChI is InChI=1S/C21H20N4O2S/c1-2-13-25-19(15-7-10-16(26)11-8-15)23-24-21(25)28-18-12-9-14-5-3-4-6-17(14)22-20(18)27/h2-8,10-11,18,26H,1,9,12-13H2,(H,22,27)/t18-/m1/s1. The maximum Gasteiger partial charge on any atom is 0.237 e. The molecule has 2 aromatic carbocycles. The number of thioether (sulfide) groups is 1. The minimum Gasteiger partial charge on any atom is -0.508 e. The fourth-order valence-corrected chi connectivity index (χ4v) is 4.26. The van der Waals surface area contributed by atoms with Crippen LogP contribution in [0.3, 0.4) is 0 Å². The number of carbonyl (C=O) groups is 1. The van der Waals surface area contributed by atoms with Crippen molar-refractivity contribution in [3.63, 3.8) is 0 Å². The fraction of sp³-hybridized carbons (Fsp3) is 0.190. The van der Waals surface area contributed by atoms with Crippen molar-refractivity contribution in [2.24, 2.45) is 0 Å². The SMILES string of the molecule is C=CCn1c(S[C@@H]2CCc3ccccc3NC2=O)nnc1-c1ccc(O)cc1. The average molecular weight is 392 g/mol. The molecule has 0 spiro atoms. The predicted molar refractivity (Wildman–Crippen MR) is 110 cm³/mol. The molecule has 0 bridgehead atoms. The first-order valence-corrected chi connectivity index (χ1v) is 9.92. The monoisotopic (exact) mass is 392 g/mol. The second-order valence-corrected chi connectivity index (χ2v) is 7.71. The summed E-state index contributed by atoms with van der Waals surface area (Å²) in [6, 6.07) is 14.7. The molecule has 0 radical (unpaired) electrons. The van der Waals surface area contributed by atoms with Gasteiger partial charge >= 0.3 is 0 Å². The van der Waals surface area contributed by atoms with Crippen molar-refractivity contribution in [3.8, 4) is 17.1 Å². The molecule has 1 aliphatic rings. The molecular formula is C21H20N4O2S. The lowest BCUT2D eigenvalue weighted by atomic mass is 10.1. The molecule has 1 aliphatic heterocycles. The number of benzene rings is 2. The molecule has 1 amide bonds. The van der Waals surface area contributed by atoms with E-state index in [1.54, 1.807) is 30.3 Å². The normalized spacial score (nSPS) is 16.1. The van der Waals surface area contributed by atoms with Crippen molar-refractivity contribution < 1.29 is 9.90 Å². The molecule has 0 fully saturated rings. The number of hydrogen-bond acceptors (Lipinski definition) is 5. The summed E-state index contributed by atoms with van der Waals surface area (Å²) in [6.07, 6.45) is 3.33. The summed E-state index contributed by atoms with van der Waals surface area (Å²) in [4.78, 5) is 12.7. The Morgan fingerprint density at radius 3 is 2.79 bits per heavy atom. The summed E-state index contributed by atoms with van der Waals surface area (Å²) >= 11 is 1.42. The zero-order chi connectivity index (χ0) is 19.5. The molecule has 0 aliphatic carbocycles. The Bertz CT molecular complexity index is 1010. The summed E-state index contributed by atoms with van der Waals surface area (Å²) in [5.74, 6) is 0.858. The van der Waals surface area contributed by atoms with Crippen LogP contribution in [0.5, 0.6) is 5.75 Å². The summed E-state index contributed by atoms with van der Waals surface area (Å²) in [6.45, 7) is 4.35. The summed E-state index contributed by atoms with van der Waals surface area (Å²) in [5.41, 5.74) is 2.88. The number of rotatable bonds is 5. The van der Waals surface area contributed by atoms with E-state index < -0.39 is 0 Å². The number of nitrogens with one attached hydrogen (secondary N) is 1. The molecule has 28 heavy (non-hydrogen) atoms. The van der Waals surface area contributed by atoms with E-state index in [1.807, 2.05) is 28.8 Å². The minimum atomic E-state index is -0.257. The van der Waals surface area contributed by atoms with Gasteiger partial charge in [-0.05, 0) is 48.7 Å². The van der Waals surface area contributed by atoms with Crippen LogP contribution in [-0.2, 0) is 17.8 Å². The van der Waals surface area contributed by atoms with E-state index in [2.05, 4.69) is 22.1 Å². The van der Waals surface area contributed by atoms with Crippen molar-refractivity contribution in [3.05, 3.63) is 66.7 Å². The molecule has 2 heterocycles. The molecule has 0 saturated carbocycles. The molecule has 6 nitrogen and oxygen atoms in total. The number of allylic oxidation sites excluding steroid dienone is 1. The number of hydrogen-bond donors (Lipinski definition) is 2. The Morgan fingerprint density at radius 1 is 1.21 bits per heavy atom. The second kappa shape index (κ2) is 7.90. The fourth-order valence-electron chi connectivity index (χ4n) is 3.22. The molecule has 2 N–H and O–H groups in total. The van der Waals surface area contributed by atoms with Crippen LogP contribution in [0.25, 0.3) is 11.4 Å². The molecule has 0 saturated heterocycles. The minimum absolute atomic E-state index is 0.0192. The third kappa shape index (κ3) is 3.66. The van der Waals surface area contributed by atoms with Gasteiger partial charge in [0.2, 0.25) is 5.91 Å². The topological polar surface area (TPSA) is 80.0 Å². The lowest BCUT2D eigenvalue weighted by Gasteiger charge is -2.13. The predicted octanol–water partition coefficient (Wildman–Crippen LogP) is 3.88. The van der Waals surface area contributed by atoms with Gasteiger partial charge in [-0.25, -0.2) is 0 Å². The Kier molecular flexibility index (Phi) is 5.16. The van der Waals surface area contributed by atoms with Gasteiger partial charge in [0.05, 0.1) is 5.25 Å². The smallest absolute Gasteiger partial charge is 0.237 e. The number of nitrogens with zero attached hydrogens (tertiary/aromatic N) is 3. The van der Waals surface area contributed by atoms with E-state index >= 15 is 0 Å². The number of phenolic OH excluding ortho intramolecular Hbond substituents is 1. The van der Waals surface area contributed by atoms with E-state index in [4.69, 9.17) is 0 Å². The quantitative estimate of drug-likeness (QED) is 0.644. The van der Waals surface area contributed by atoms with Crippen LogP contribution in [0.4, 0.5) is 5.69 Å². The molecule has 1 atom stereocenters. The first-order chi connectivity index (χ1) is 13.7. The van der Waals surface area contributed by atoms with Gasteiger partial charge in [-0.2, -0.15) is 0 Å². The number of aromatic hydroxyl groups is 1. The Morgan fingerprint density at radius 2 is 2.00 bits per heavy atom. The first-order valence-electron chi connectivity index (χ1n) is 9.04. The van der Waals surface area contributed by atoms with Crippen molar-refractivity contribution in [1.82, 2.24) is 14.8 Å². The van der Waals surface area contributed by atoms with Crippen molar-refractivity contribution in [1.29, 1.82) is 0 Å². The van der Waals surface area contributed by atoms with E-state index in [1.165, 1.54) is 11.8 Å². The highest BCUT2D eigenvalue weighted by Crippen LogP contribution is 2.32. The highest BCUT2D eigenvalue weighted by atomic mass is 32.2. The molecule has 3 aromatic rings. The van der Waals surface area contributed by atoms with Crippen LogP contribution in [0.2, 0.25) is 0 Å². The highest BCUT2D eigenvalue weighted by molar-refractivity contribution is 8.00. The maximum absolute atomic E-state index is 12.7. The van der Waals surface area contributed by atoms with Gasteiger partial charge in [-0.1, -0.05) is 36.0 Å². The summed E-state index contributed by atoms with van der Waals surface area (Å²) < 4.78 is 1.94. The van der Waals surface area contributed by atoms with Gasteiger partial charge in [0.15, 0.2) is 11.0 Å². The summed E-state index contributed by atoms with van der Waals surface area (Å²) in [7, 11) is 0. The molecule has 0 unspecified atom stereocenters. The number of aryl methyl sites for hydroxylation is 1. The number of fused-ring (bicyclic) bond motifs is 1. The molecule has 142 valence electrons. The number of para-hydroxylation sites is 1. The third-order valence-electron chi connectivity index (χ3n) is 4.65. The van der Waals surface area contributed by atoms with Crippen molar-refractivity contribution in [2.45, 2.75) is 29.8 Å². The lowest BCUT2D eigenvalue weighted by Crippen LogP contribution is -2.24. The average Bonchev–Trinajstić information content (AvgIpc) is 3.01. The highest BCUT2D eigenvalue weighted by Gasteiger charge is 2.27. The number of aromatic nitrogens is 3.